The first-order valence-corrected chi connectivity index (χ1v) is 19.4. The molecule has 0 aliphatic heterocycles. The summed E-state index contributed by atoms with van der Waals surface area (Å²) in [7, 11) is 0. The molecule has 0 spiro atoms. The van der Waals surface area contributed by atoms with E-state index in [0.29, 0.717) is 12.8 Å². The fourth-order valence-electron chi connectivity index (χ4n) is 4.64. The van der Waals surface area contributed by atoms with Crippen LogP contribution in [-0.4, -0.2) is 36.4 Å². The summed E-state index contributed by atoms with van der Waals surface area (Å²) in [4.78, 5) is 24.2. The minimum atomic E-state index is -0.822. The van der Waals surface area contributed by atoms with Gasteiger partial charge in [0.2, 0.25) is 0 Å². The Morgan fingerprint density at radius 2 is 0.900 bits per heavy atom. The Labute approximate surface area is 306 Å². The summed E-state index contributed by atoms with van der Waals surface area (Å²) in [6.45, 7) is 3.88. The number of aliphatic hydroxyl groups is 1. The molecule has 1 unspecified atom stereocenters. The van der Waals surface area contributed by atoms with Crippen molar-refractivity contribution in [1.82, 2.24) is 0 Å². The van der Waals surface area contributed by atoms with Crippen LogP contribution in [-0.2, 0) is 19.1 Å². The maximum Gasteiger partial charge on any atom is 0.306 e. The largest absolute Gasteiger partial charge is 0.462 e. The molecule has 280 valence electrons. The van der Waals surface area contributed by atoms with Gasteiger partial charge >= 0.3 is 11.9 Å². The lowest BCUT2D eigenvalue weighted by Gasteiger charge is -2.15. The second-order valence-electron chi connectivity index (χ2n) is 12.3. The first kappa shape index (κ1) is 46.6. The van der Waals surface area contributed by atoms with Crippen LogP contribution in [0.2, 0.25) is 0 Å². The lowest BCUT2D eigenvalue weighted by atomic mass is 10.1. The standard InChI is InChI=1S/C45H70O5/c1-3-5-7-9-11-13-15-17-19-21-22-24-25-27-29-31-33-35-37-39-44(47)49-42-43(41-46)50-45(48)40-38-36-34-32-30-28-26-23-20-18-16-14-12-10-8-6-4-2/h6,8,11-14,17-20,22,24,26-29,33,35,43,46H,3-5,7,9-10,15-16,21,23,25,30-32,34,36-42H2,1-2H3. The monoisotopic (exact) mass is 691 g/mol. The summed E-state index contributed by atoms with van der Waals surface area (Å²) in [5.74, 6) is -0.728. The Bertz CT molecular complexity index is 1050. The fourth-order valence-corrected chi connectivity index (χ4v) is 4.64. The molecule has 50 heavy (non-hydrogen) atoms. The number of unbranched alkanes of at least 4 members (excludes halogenated alkanes) is 7. The fraction of sp³-hybridized carbons (Fsp3) is 0.556. The molecule has 1 atom stereocenters. The smallest absolute Gasteiger partial charge is 0.306 e. The van der Waals surface area contributed by atoms with Crippen LogP contribution in [0.15, 0.2) is 109 Å². The summed E-state index contributed by atoms with van der Waals surface area (Å²) in [6, 6.07) is 0. The third-order valence-electron chi connectivity index (χ3n) is 7.56. The highest BCUT2D eigenvalue weighted by molar-refractivity contribution is 5.70. The van der Waals surface area contributed by atoms with Crippen molar-refractivity contribution in [1.29, 1.82) is 0 Å². The second-order valence-corrected chi connectivity index (χ2v) is 12.3. The number of allylic oxidation sites excluding steroid dienone is 18. The topological polar surface area (TPSA) is 72.8 Å². The van der Waals surface area contributed by atoms with Crippen LogP contribution in [0.4, 0.5) is 0 Å². The molecule has 0 aromatic heterocycles. The SMILES string of the molecule is CCC=CCC=CCC=CCC=CCCCCCCC(=O)OC(CO)COC(=O)CCC=CCC=CCC=CCC=CCC=CCCCCC. The van der Waals surface area contributed by atoms with Crippen LogP contribution in [0.5, 0.6) is 0 Å². The van der Waals surface area contributed by atoms with Gasteiger partial charge < -0.3 is 14.6 Å². The second kappa shape index (κ2) is 40.0. The van der Waals surface area contributed by atoms with E-state index in [1.165, 1.54) is 25.7 Å². The third-order valence-corrected chi connectivity index (χ3v) is 7.56. The third kappa shape index (κ3) is 37.4. The number of carbonyl (C=O) groups excluding carboxylic acids is 2. The average Bonchev–Trinajstić information content (AvgIpc) is 3.12. The molecule has 0 aliphatic rings. The van der Waals surface area contributed by atoms with Gasteiger partial charge in [-0.1, -0.05) is 149 Å². The number of esters is 2. The van der Waals surface area contributed by atoms with E-state index in [1.807, 2.05) is 12.2 Å². The summed E-state index contributed by atoms with van der Waals surface area (Å²) in [5.41, 5.74) is 0. The Morgan fingerprint density at radius 3 is 1.36 bits per heavy atom. The number of rotatable bonds is 33. The highest BCUT2D eigenvalue weighted by Gasteiger charge is 2.15. The minimum Gasteiger partial charge on any atom is -0.462 e. The Morgan fingerprint density at radius 1 is 0.480 bits per heavy atom. The van der Waals surface area contributed by atoms with Gasteiger partial charge in [0.15, 0.2) is 6.10 Å². The first-order valence-electron chi connectivity index (χ1n) is 19.4. The highest BCUT2D eigenvalue weighted by atomic mass is 16.6. The molecule has 0 heterocycles. The zero-order valence-electron chi connectivity index (χ0n) is 31.6. The molecule has 0 saturated heterocycles. The van der Waals surface area contributed by atoms with Crippen molar-refractivity contribution in [2.45, 2.75) is 148 Å². The number of aliphatic hydroxyl groups excluding tert-OH is 1. The van der Waals surface area contributed by atoms with Crippen molar-refractivity contribution in [3.05, 3.63) is 109 Å². The molecule has 0 amide bonds. The predicted octanol–water partition coefficient (Wildman–Crippen LogP) is 12.3. The van der Waals surface area contributed by atoms with E-state index in [-0.39, 0.29) is 31.6 Å². The number of ether oxygens (including phenoxy) is 2. The molecule has 5 heteroatoms. The van der Waals surface area contributed by atoms with E-state index in [2.05, 4.69) is 111 Å². The highest BCUT2D eigenvalue weighted by Crippen LogP contribution is 2.09. The Balaban J connectivity index is 3.78. The molecule has 0 radical (unpaired) electrons. The molecule has 0 fully saturated rings. The zero-order valence-corrected chi connectivity index (χ0v) is 31.6. The zero-order chi connectivity index (χ0) is 36.4. The number of carbonyl (C=O) groups is 2. The number of hydrogen-bond donors (Lipinski definition) is 1. The molecule has 0 rings (SSSR count). The minimum absolute atomic E-state index is 0.123. The molecule has 1 N–H and O–H groups in total. The van der Waals surface area contributed by atoms with E-state index < -0.39 is 6.10 Å². The van der Waals surface area contributed by atoms with E-state index in [1.54, 1.807) is 0 Å². The van der Waals surface area contributed by atoms with E-state index in [4.69, 9.17) is 9.47 Å². The van der Waals surface area contributed by atoms with Gasteiger partial charge in [0.1, 0.15) is 6.61 Å². The van der Waals surface area contributed by atoms with Gasteiger partial charge in [0.05, 0.1) is 6.61 Å². The average molecular weight is 691 g/mol. The lowest BCUT2D eigenvalue weighted by molar-refractivity contribution is -0.161. The van der Waals surface area contributed by atoms with Crippen molar-refractivity contribution < 1.29 is 24.2 Å². The van der Waals surface area contributed by atoms with E-state index in [9.17, 15) is 14.7 Å². The molecule has 0 aliphatic carbocycles. The number of hydrogen-bond acceptors (Lipinski definition) is 5. The van der Waals surface area contributed by atoms with Gasteiger partial charge in [0, 0.05) is 12.8 Å². The van der Waals surface area contributed by atoms with Crippen molar-refractivity contribution in [2.24, 2.45) is 0 Å². The van der Waals surface area contributed by atoms with Gasteiger partial charge in [-0.15, -0.1) is 0 Å². The van der Waals surface area contributed by atoms with E-state index in [0.717, 1.165) is 83.5 Å². The maximum atomic E-state index is 12.2. The summed E-state index contributed by atoms with van der Waals surface area (Å²) >= 11 is 0. The van der Waals surface area contributed by atoms with Gasteiger partial charge in [-0.2, -0.15) is 0 Å². The molecule has 5 nitrogen and oxygen atoms in total. The normalized spacial score (nSPS) is 13.4. The predicted molar refractivity (Wildman–Crippen MR) is 214 cm³/mol. The Kier molecular flexibility index (Phi) is 37.2. The Hall–Kier alpha value is -3.44. The van der Waals surface area contributed by atoms with Crippen molar-refractivity contribution in [3.63, 3.8) is 0 Å². The quantitative estimate of drug-likeness (QED) is 0.0421. The summed E-state index contributed by atoms with van der Waals surface area (Å²) in [5, 5.41) is 9.54. The van der Waals surface area contributed by atoms with Gasteiger partial charge in [-0.05, 0) is 89.9 Å². The lowest BCUT2D eigenvalue weighted by Crippen LogP contribution is -2.28. The maximum absolute atomic E-state index is 12.2. The van der Waals surface area contributed by atoms with Gasteiger partial charge in [0.25, 0.3) is 0 Å². The first-order chi connectivity index (χ1) is 24.6. The molecule has 0 saturated carbocycles. The van der Waals surface area contributed by atoms with Gasteiger partial charge in [-0.25, -0.2) is 0 Å². The van der Waals surface area contributed by atoms with Crippen molar-refractivity contribution in [2.75, 3.05) is 13.2 Å². The van der Waals surface area contributed by atoms with Crippen LogP contribution >= 0.6 is 0 Å². The molecular weight excluding hydrogens is 620 g/mol. The summed E-state index contributed by atoms with van der Waals surface area (Å²) < 4.78 is 10.5. The van der Waals surface area contributed by atoms with Crippen LogP contribution in [0, 0.1) is 0 Å². The molecular formula is C45H70O5. The van der Waals surface area contributed by atoms with Crippen molar-refractivity contribution >= 4 is 11.9 Å². The van der Waals surface area contributed by atoms with Crippen LogP contribution in [0.1, 0.15) is 142 Å². The van der Waals surface area contributed by atoms with Gasteiger partial charge in [-0.3, -0.25) is 9.59 Å². The summed E-state index contributed by atoms with van der Waals surface area (Å²) in [6.07, 6.45) is 57.2. The molecule has 0 aromatic rings. The van der Waals surface area contributed by atoms with Crippen molar-refractivity contribution in [3.8, 4) is 0 Å². The van der Waals surface area contributed by atoms with Crippen LogP contribution in [0.25, 0.3) is 0 Å². The molecule has 0 aromatic carbocycles. The molecule has 0 bridgehead atoms. The van der Waals surface area contributed by atoms with Crippen LogP contribution in [0.3, 0.4) is 0 Å². The van der Waals surface area contributed by atoms with Crippen LogP contribution < -0.4 is 0 Å². The van der Waals surface area contributed by atoms with E-state index >= 15 is 0 Å².